The molecule has 2 unspecified atom stereocenters. The lowest BCUT2D eigenvalue weighted by Gasteiger charge is -2.43. The van der Waals surface area contributed by atoms with E-state index in [1.807, 2.05) is 39.8 Å². The number of aliphatic hydroxyl groups excluding tert-OH is 2. The molecule has 0 aromatic heterocycles. The summed E-state index contributed by atoms with van der Waals surface area (Å²) in [5, 5.41) is 33.2. The van der Waals surface area contributed by atoms with Gasteiger partial charge < -0.3 is 58.1 Å². The van der Waals surface area contributed by atoms with Crippen molar-refractivity contribution in [3.8, 4) is 0 Å². The van der Waals surface area contributed by atoms with Crippen molar-refractivity contribution in [3.05, 3.63) is 12.2 Å². The van der Waals surface area contributed by atoms with Crippen LogP contribution in [-0.4, -0.2) is 152 Å². The number of esters is 1. The SMILES string of the molecule is CO[C@@H]1[C@H](O)[C@@H](C)O[C@@H](OCC2[C@H]3O[C@@H]3CCC(=O)[C@@](C)(O)C[C@H](C)[C@H](OC3O[C@H](C)C[C@H](N(C)C)[C@H]3O)[C@@H](C)/C=C/C(=O)O[C@@H]2C)[C@@H]1OC. The molecule has 0 saturated carbocycles. The highest BCUT2D eigenvalue weighted by atomic mass is 16.7. The van der Waals surface area contributed by atoms with Crippen LogP contribution in [0.4, 0.5) is 0 Å². The number of aliphatic hydroxyl groups is 3. The van der Waals surface area contributed by atoms with Crippen molar-refractivity contribution >= 4 is 11.8 Å². The fourth-order valence-electron chi connectivity index (χ4n) is 7.74. The van der Waals surface area contributed by atoms with E-state index in [2.05, 4.69) is 0 Å². The van der Waals surface area contributed by atoms with Gasteiger partial charge in [0.15, 0.2) is 18.4 Å². The molecule has 0 spiro atoms. The van der Waals surface area contributed by atoms with Crippen LogP contribution in [0.2, 0.25) is 0 Å². The Balaban J connectivity index is 1.54. The van der Waals surface area contributed by atoms with Crippen molar-refractivity contribution in [1.82, 2.24) is 4.90 Å². The van der Waals surface area contributed by atoms with Gasteiger partial charge in [0.2, 0.25) is 0 Å². The molecule has 4 aliphatic rings. The molecule has 0 aromatic rings. The first-order valence-electron chi connectivity index (χ1n) is 17.9. The third-order valence-electron chi connectivity index (χ3n) is 10.9. The molecule has 14 heteroatoms. The van der Waals surface area contributed by atoms with E-state index in [1.54, 1.807) is 19.9 Å². The van der Waals surface area contributed by atoms with Crippen molar-refractivity contribution in [2.24, 2.45) is 17.8 Å². The lowest BCUT2D eigenvalue weighted by molar-refractivity contribution is -0.305. The van der Waals surface area contributed by atoms with E-state index in [0.29, 0.717) is 12.8 Å². The van der Waals surface area contributed by atoms with Crippen LogP contribution in [0.5, 0.6) is 0 Å². The van der Waals surface area contributed by atoms with Gasteiger partial charge in [-0.15, -0.1) is 0 Å². The number of methoxy groups -OCH3 is 2. The van der Waals surface area contributed by atoms with E-state index in [-0.39, 0.29) is 55.5 Å². The molecule has 17 atom stereocenters. The molecule has 3 saturated heterocycles. The summed E-state index contributed by atoms with van der Waals surface area (Å²) in [4.78, 5) is 28.6. The maximum Gasteiger partial charge on any atom is 0.330 e. The van der Waals surface area contributed by atoms with Gasteiger partial charge in [-0.1, -0.05) is 19.9 Å². The molecule has 288 valence electrons. The normalized spacial score (nSPS) is 47.4. The zero-order chi connectivity index (χ0) is 37.1. The molecule has 0 aromatic carbocycles. The second-order valence-electron chi connectivity index (χ2n) is 15.2. The van der Waals surface area contributed by atoms with Gasteiger partial charge in [-0.25, -0.2) is 4.79 Å². The monoisotopic (exact) mass is 715 g/mol. The minimum Gasteiger partial charge on any atom is -0.459 e. The van der Waals surface area contributed by atoms with Crippen LogP contribution < -0.4 is 0 Å². The number of carbonyl (C=O) groups is 2. The first kappa shape index (κ1) is 41.2. The minimum absolute atomic E-state index is 0.0642. The fraction of sp³-hybridized carbons (Fsp3) is 0.889. The molecule has 14 nitrogen and oxygen atoms in total. The van der Waals surface area contributed by atoms with Crippen molar-refractivity contribution in [2.45, 2.75) is 152 Å². The number of carbonyl (C=O) groups excluding carboxylic acids is 2. The van der Waals surface area contributed by atoms with E-state index in [0.717, 1.165) is 0 Å². The molecule has 50 heavy (non-hydrogen) atoms. The summed E-state index contributed by atoms with van der Waals surface area (Å²) in [5.74, 6) is -2.08. The summed E-state index contributed by atoms with van der Waals surface area (Å²) in [7, 11) is 6.76. The number of hydrogen-bond donors (Lipinski definition) is 3. The Hall–Kier alpha value is -1.56. The number of cyclic esters (lactones) is 1. The molecule has 3 fully saturated rings. The first-order chi connectivity index (χ1) is 23.5. The highest BCUT2D eigenvalue weighted by Gasteiger charge is 2.51. The number of ether oxygens (including phenoxy) is 8. The number of rotatable bonds is 8. The van der Waals surface area contributed by atoms with E-state index in [4.69, 9.17) is 37.9 Å². The Morgan fingerprint density at radius 2 is 1.60 bits per heavy atom. The smallest absolute Gasteiger partial charge is 0.330 e. The van der Waals surface area contributed by atoms with Crippen LogP contribution in [0.15, 0.2) is 12.2 Å². The van der Waals surface area contributed by atoms with Gasteiger partial charge in [-0.2, -0.15) is 0 Å². The molecule has 4 rings (SSSR count). The highest BCUT2D eigenvalue weighted by molar-refractivity contribution is 5.86. The number of likely N-dealkylation sites (N-methyl/N-ethyl adjacent to an activating group) is 1. The third-order valence-corrected chi connectivity index (χ3v) is 10.9. The Morgan fingerprint density at radius 3 is 2.24 bits per heavy atom. The molecule has 3 N–H and O–H groups in total. The summed E-state index contributed by atoms with van der Waals surface area (Å²) in [5.41, 5.74) is -1.65. The van der Waals surface area contributed by atoms with E-state index >= 15 is 0 Å². The summed E-state index contributed by atoms with van der Waals surface area (Å²) in [6.07, 6.45) is -3.60. The summed E-state index contributed by atoms with van der Waals surface area (Å²) >= 11 is 0. The van der Waals surface area contributed by atoms with E-state index < -0.39 is 78.7 Å². The van der Waals surface area contributed by atoms with Gasteiger partial charge in [0, 0.05) is 44.6 Å². The maximum atomic E-state index is 13.4. The predicted molar refractivity (Wildman–Crippen MR) is 180 cm³/mol. The van der Waals surface area contributed by atoms with Crippen LogP contribution in [-0.2, 0) is 47.5 Å². The molecule has 0 radical (unpaired) electrons. The Kier molecular flexibility index (Phi) is 14.4. The van der Waals surface area contributed by atoms with Gasteiger partial charge in [0.25, 0.3) is 0 Å². The second-order valence-corrected chi connectivity index (χ2v) is 15.2. The Bertz CT molecular complexity index is 1150. The van der Waals surface area contributed by atoms with E-state index in [1.165, 1.54) is 27.2 Å². The standard InChI is InChI=1S/C36H61NO13/c1-18-11-14-27(39)47-21(4)23(17-45-35-33(44-10)32(43-9)28(40)22(5)48-35)31-25(49-31)12-13-26(38)36(6,42)16-19(2)30(18)50-34-29(41)24(37(7)8)15-20(3)46-34/h11,14,18-25,28-35,40-42H,12-13,15-17H2,1-10H3/b14-11+/t18-,19-,20+,21+,22+,23?,24-,25+,28+,29+,30+,31+,32+,33+,34?,35+,36-/m0/s1. The van der Waals surface area contributed by atoms with Crippen molar-refractivity contribution in [3.63, 3.8) is 0 Å². The van der Waals surface area contributed by atoms with Crippen LogP contribution in [0, 0.1) is 17.8 Å². The molecule has 4 aliphatic heterocycles. The van der Waals surface area contributed by atoms with Gasteiger partial charge in [-0.05, 0) is 67.0 Å². The molecule has 0 amide bonds. The largest absolute Gasteiger partial charge is 0.459 e. The fourth-order valence-corrected chi connectivity index (χ4v) is 7.74. The number of fused-ring (bicyclic) bond motifs is 1. The lowest BCUT2D eigenvalue weighted by atomic mass is 9.81. The molecule has 4 heterocycles. The van der Waals surface area contributed by atoms with Crippen LogP contribution in [0.3, 0.4) is 0 Å². The Labute approximate surface area is 296 Å². The summed E-state index contributed by atoms with van der Waals surface area (Å²) in [6, 6.07) is -0.191. The first-order valence-corrected chi connectivity index (χ1v) is 17.9. The van der Waals surface area contributed by atoms with Crippen LogP contribution >= 0.6 is 0 Å². The van der Waals surface area contributed by atoms with Crippen LogP contribution in [0.25, 0.3) is 0 Å². The van der Waals surface area contributed by atoms with Gasteiger partial charge in [0.1, 0.15) is 36.1 Å². The molecule has 0 bridgehead atoms. The zero-order valence-electron chi connectivity index (χ0n) is 31.3. The van der Waals surface area contributed by atoms with Crippen molar-refractivity contribution in [1.29, 1.82) is 0 Å². The third kappa shape index (κ3) is 9.90. The minimum atomic E-state index is -1.65. The second kappa shape index (κ2) is 17.5. The number of Topliss-reactive ketones (excluding diaryl/α,β-unsaturated/α-hetero) is 1. The highest BCUT2D eigenvalue weighted by Crippen LogP contribution is 2.38. The number of hydrogen-bond acceptors (Lipinski definition) is 14. The topological polar surface area (TPSA) is 175 Å². The number of ketones is 1. The van der Waals surface area contributed by atoms with Crippen molar-refractivity contribution < 1.29 is 62.8 Å². The van der Waals surface area contributed by atoms with E-state index in [9.17, 15) is 24.9 Å². The molecule has 0 aliphatic carbocycles. The quantitative estimate of drug-likeness (QED) is 0.244. The lowest BCUT2D eigenvalue weighted by Crippen LogP contribution is -2.59. The van der Waals surface area contributed by atoms with Gasteiger partial charge in [-0.3, -0.25) is 4.79 Å². The summed E-state index contributed by atoms with van der Waals surface area (Å²) < 4.78 is 47.6. The number of nitrogens with zero attached hydrogens (tertiary/aromatic N) is 1. The summed E-state index contributed by atoms with van der Waals surface area (Å²) in [6.45, 7) is 10.7. The molecular weight excluding hydrogens is 654 g/mol. The van der Waals surface area contributed by atoms with Gasteiger partial charge in [0.05, 0.1) is 37.1 Å². The Morgan fingerprint density at radius 1 is 0.920 bits per heavy atom. The average molecular weight is 716 g/mol. The number of epoxide rings is 1. The van der Waals surface area contributed by atoms with Crippen molar-refractivity contribution in [2.75, 3.05) is 34.9 Å². The molecular formula is C36H61NO13. The predicted octanol–water partition coefficient (Wildman–Crippen LogP) is 1.60. The maximum absolute atomic E-state index is 13.4. The van der Waals surface area contributed by atoms with Crippen LogP contribution in [0.1, 0.15) is 67.2 Å². The zero-order valence-corrected chi connectivity index (χ0v) is 31.3. The average Bonchev–Trinajstić information content (AvgIpc) is 3.82. The van der Waals surface area contributed by atoms with Gasteiger partial charge >= 0.3 is 5.97 Å².